The molecule has 16 heavy (non-hydrogen) atoms. The lowest BCUT2D eigenvalue weighted by atomic mass is 9.92. The molecule has 1 unspecified atom stereocenters. The minimum Gasteiger partial charge on any atom is -0.313 e. The average molecular weight is 246 g/mol. The number of piperidine rings is 1. The Labute approximate surface area is 100.0 Å². The zero-order valence-corrected chi connectivity index (χ0v) is 10.2. The molecule has 3 nitrogen and oxygen atoms in total. The zero-order chi connectivity index (χ0) is 11.6. The number of rotatable bonds is 3. The summed E-state index contributed by atoms with van der Waals surface area (Å²) in [6.07, 6.45) is 3.83. The molecule has 1 aliphatic rings. The second-order valence-electron chi connectivity index (χ2n) is 4.31. The molecular weight excluding hydrogens is 229 g/mol. The zero-order valence-electron chi connectivity index (χ0n) is 9.47. The van der Waals surface area contributed by atoms with E-state index in [-0.39, 0.29) is 0 Å². The van der Waals surface area contributed by atoms with Gasteiger partial charge in [-0.05, 0) is 25.8 Å². The highest BCUT2D eigenvalue weighted by atomic mass is 35.5. The summed E-state index contributed by atoms with van der Waals surface area (Å²) in [5.74, 6) is 0. The largest absolute Gasteiger partial charge is 0.313 e. The van der Waals surface area contributed by atoms with Gasteiger partial charge in [0.2, 0.25) is 0 Å². The summed E-state index contributed by atoms with van der Waals surface area (Å²) < 4.78 is 16.5. The van der Waals surface area contributed by atoms with E-state index in [1.54, 1.807) is 10.9 Å². The van der Waals surface area contributed by atoms with Crippen LogP contribution in [0.15, 0.2) is 6.20 Å². The van der Waals surface area contributed by atoms with Crippen molar-refractivity contribution in [2.45, 2.75) is 38.4 Å². The van der Waals surface area contributed by atoms with Gasteiger partial charge in [-0.25, -0.2) is 4.39 Å². The molecule has 5 heteroatoms. The smallest absolute Gasteiger partial charge is 0.166 e. The standard InChI is InChI=1S/C11H17ClFN3/c1-2-6-16-10(9(12)7-15-16)11(13)4-3-5-14-8-11/h7,14H,2-6,8H2,1H3. The Kier molecular flexibility index (Phi) is 3.50. The van der Waals surface area contributed by atoms with Crippen LogP contribution in [0.1, 0.15) is 31.9 Å². The topological polar surface area (TPSA) is 29.9 Å². The molecule has 1 aliphatic heterocycles. The van der Waals surface area contributed by atoms with Gasteiger partial charge in [0, 0.05) is 13.1 Å². The van der Waals surface area contributed by atoms with Crippen LogP contribution >= 0.6 is 11.6 Å². The Morgan fingerprint density at radius 2 is 2.50 bits per heavy atom. The number of aryl methyl sites for hydroxylation is 1. The molecule has 1 aromatic heterocycles. The molecular formula is C11H17ClFN3. The molecule has 0 radical (unpaired) electrons. The number of nitrogens with zero attached hydrogens (tertiary/aromatic N) is 2. The molecule has 0 aromatic carbocycles. The summed E-state index contributed by atoms with van der Waals surface area (Å²) >= 11 is 6.05. The highest BCUT2D eigenvalue weighted by Gasteiger charge is 2.38. The van der Waals surface area contributed by atoms with Crippen molar-refractivity contribution in [1.29, 1.82) is 0 Å². The lowest BCUT2D eigenvalue weighted by Gasteiger charge is -2.31. The molecule has 0 amide bonds. The molecule has 2 heterocycles. The van der Waals surface area contributed by atoms with Crippen LogP contribution in [0.3, 0.4) is 0 Å². The van der Waals surface area contributed by atoms with Crippen LogP contribution in [0.25, 0.3) is 0 Å². The summed E-state index contributed by atoms with van der Waals surface area (Å²) in [5, 5.41) is 7.67. The number of nitrogens with one attached hydrogen (secondary N) is 1. The van der Waals surface area contributed by atoms with Gasteiger partial charge in [0.1, 0.15) is 0 Å². The van der Waals surface area contributed by atoms with Crippen LogP contribution in [-0.4, -0.2) is 22.9 Å². The minimum atomic E-state index is -1.36. The predicted molar refractivity (Wildman–Crippen MR) is 62.4 cm³/mol. The van der Waals surface area contributed by atoms with Gasteiger partial charge in [-0.15, -0.1) is 0 Å². The van der Waals surface area contributed by atoms with E-state index in [1.807, 2.05) is 6.92 Å². The van der Waals surface area contributed by atoms with Gasteiger partial charge < -0.3 is 5.32 Å². The van der Waals surface area contributed by atoms with Crippen LogP contribution in [0.5, 0.6) is 0 Å². The number of aromatic nitrogens is 2. The van der Waals surface area contributed by atoms with E-state index in [0.717, 1.165) is 19.4 Å². The lowest BCUT2D eigenvalue weighted by molar-refractivity contribution is 0.110. The fraction of sp³-hybridized carbons (Fsp3) is 0.727. The first kappa shape index (κ1) is 11.9. The van der Waals surface area contributed by atoms with Crippen molar-refractivity contribution in [3.05, 3.63) is 16.9 Å². The van der Waals surface area contributed by atoms with Gasteiger partial charge >= 0.3 is 0 Å². The van der Waals surface area contributed by atoms with Crippen LogP contribution in [0, 0.1) is 0 Å². The highest BCUT2D eigenvalue weighted by Crippen LogP contribution is 2.36. The van der Waals surface area contributed by atoms with E-state index in [0.29, 0.717) is 30.2 Å². The molecule has 1 fully saturated rings. The maximum absolute atomic E-state index is 14.8. The molecule has 0 aliphatic carbocycles. The lowest BCUT2D eigenvalue weighted by Crippen LogP contribution is -2.41. The third kappa shape index (κ3) is 2.09. The van der Waals surface area contributed by atoms with Crippen molar-refractivity contribution in [3.63, 3.8) is 0 Å². The van der Waals surface area contributed by atoms with Crippen molar-refractivity contribution in [3.8, 4) is 0 Å². The molecule has 1 N–H and O–H groups in total. The Bertz CT molecular complexity index is 358. The van der Waals surface area contributed by atoms with Crippen LogP contribution in [0.4, 0.5) is 4.39 Å². The molecule has 1 saturated heterocycles. The molecule has 90 valence electrons. The first-order chi connectivity index (χ1) is 7.67. The van der Waals surface area contributed by atoms with Crippen LogP contribution in [-0.2, 0) is 12.2 Å². The van der Waals surface area contributed by atoms with Crippen LogP contribution < -0.4 is 5.32 Å². The van der Waals surface area contributed by atoms with E-state index in [1.165, 1.54) is 0 Å². The molecule has 1 atom stereocenters. The van der Waals surface area contributed by atoms with E-state index in [4.69, 9.17) is 11.6 Å². The van der Waals surface area contributed by atoms with Gasteiger partial charge in [0.05, 0.1) is 16.9 Å². The first-order valence-electron chi connectivity index (χ1n) is 5.79. The van der Waals surface area contributed by atoms with E-state index in [9.17, 15) is 4.39 Å². The summed E-state index contributed by atoms with van der Waals surface area (Å²) in [4.78, 5) is 0. The van der Waals surface area contributed by atoms with Crippen molar-refractivity contribution < 1.29 is 4.39 Å². The van der Waals surface area contributed by atoms with Gasteiger partial charge in [0.15, 0.2) is 5.67 Å². The minimum absolute atomic E-state index is 0.335. The molecule has 0 spiro atoms. The molecule has 0 bridgehead atoms. The normalized spacial score (nSPS) is 25.9. The fourth-order valence-electron chi connectivity index (χ4n) is 2.26. The number of halogens is 2. The van der Waals surface area contributed by atoms with Gasteiger partial charge in [-0.1, -0.05) is 18.5 Å². The maximum Gasteiger partial charge on any atom is 0.166 e. The highest BCUT2D eigenvalue weighted by molar-refractivity contribution is 6.31. The van der Waals surface area contributed by atoms with Crippen molar-refractivity contribution in [2.75, 3.05) is 13.1 Å². The number of alkyl halides is 1. The maximum atomic E-state index is 14.8. The van der Waals surface area contributed by atoms with Gasteiger partial charge in [-0.2, -0.15) is 5.10 Å². The summed E-state index contributed by atoms with van der Waals surface area (Å²) in [6.45, 7) is 3.98. The van der Waals surface area contributed by atoms with Crippen molar-refractivity contribution >= 4 is 11.6 Å². The number of hydrogen-bond acceptors (Lipinski definition) is 2. The Morgan fingerprint density at radius 1 is 1.69 bits per heavy atom. The first-order valence-corrected chi connectivity index (χ1v) is 6.16. The van der Waals surface area contributed by atoms with Crippen molar-refractivity contribution in [1.82, 2.24) is 15.1 Å². The molecule has 2 rings (SSSR count). The van der Waals surface area contributed by atoms with Crippen LogP contribution in [0.2, 0.25) is 5.02 Å². The second-order valence-corrected chi connectivity index (χ2v) is 4.72. The Balaban J connectivity index is 2.33. The summed E-state index contributed by atoms with van der Waals surface area (Å²) in [7, 11) is 0. The quantitative estimate of drug-likeness (QED) is 0.887. The third-order valence-corrected chi connectivity index (χ3v) is 3.26. The average Bonchev–Trinajstić information content (AvgIpc) is 2.62. The fourth-order valence-corrected chi connectivity index (χ4v) is 2.57. The predicted octanol–water partition coefficient (Wildman–Crippen LogP) is 2.49. The third-order valence-electron chi connectivity index (χ3n) is 2.99. The van der Waals surface area contributed by atoms with Crippen molar-refractivity contribution in [2.24, 2.45) is 0 Å². The van der Waals surface area contributed by atoms with Gasteiger partial charge in [0.25, 0.3) is 0 Å². The summed E-state index contributed by atoms with van der Waals surface area (Å²) in [5.41, 5.74) is -0.815. The van der Waals surface area contributed by atoms with E-state index >= 15 is 0 Å². The van der Waals surface area contributed by atoms with E-state index < -0.39 is 5.67 Å². The summed E-state index contributed by atoms with van der Waals surface area (Å²) in [6, 6.07) is 0. The Morgan fingerprint density at radius 3 is 3.12 bits per heavy atom. The van der Waals surface area contributed by atoms with Gasteiger partial charge in [-0.3, -0.25) is 4.68 Å². The second kappa shape index (κ2) is 4.72. The number of hydrogen-bond donors (Lipinski definition) is 1. The molecule has 0 saturated carbocycles. The monoisotopic (exact) mass is 245 g/mol. The van der Waals surface area contributed by atoms with E-state index in [2.05, 4.69) is 10.4 Å². The molecule has 1 aromatic rings. The SMILES string of the molecule is CCCn1ncc(Cl)c1C1(F)CCCNC1. The Hall–Kier alpha value is -0.610.